The molecule has 1 unspecified atom stereocenters. The fraction of sp³-hybridized carbons (Fsp3) is 0.167. The van der Waals surface area contributed by atoms with Crippen LogP contribution in [-0.2, 0) is 11.2 Å². The van der Waals surface area contributed by atoms with E-state index in [0.29, 0.717) is 0 Å². The molecule has 1 amide bonds. The summed E-state index contributed by atoms with van der Waals surface area (Å²) in [7, 11) is 0. The normalized spacial score (nSPS) is 12.0. The predicted molar refractivity (Wildman–Crippen MR) is 115 cm³/mol. The molecule has 28 heavy (non-hydrogen) atoms. The standard InChI is InChI=1S/C18H16Cl3N3O3S/c19-18(20,21)16(23-14(25)10-11-6-2-1-3-7-11)24-17(28)22-13-9-5-4-8-12(13)15(26)27/h1-9,16H,10H2,(H,23,25)(H,26,27)(H2,22,24,28). The van der Waals surface area contributed by atoms with Gasteiger partial charge in [-0.3, -0.25) is 4.79 Å². The van der Waals surface area contributed by atoms with Crippen LogP contribution in [0.5, 0.6) is 0 Å². The van der Waals surface area contributed by atoms with Crippen molar-refractivity contribution >= 4 is 69.7 Å². The number of carboxylic acid groups (broad SMARTS) is 1. The Bertz CT molecular complexity index is 860. The lowest BCUT2D eigenvalue weighted by Gasteiger charge is -2.28. The van der Waals surface area contributed by atoms with Gasteiger partial charge in [0.2, 0.25) is 9.70 Å². The van der Waals surface area contributed by atoms with Crippen LogP contribution in [0.2, 0.25) is 0 Å². The number of rotatable bonds is 6. The number of anilines is 1. The third-order valence-corrected chi connectivity index (χ3v) is 4.40. The zero-order chi connectivity index (χ0) is 20.7. The zero-order valence-corrected chi connectivity index (χ0v) is 17.4. The van der Waals surface area contributed by atoms with Gasteiger partial charge in [0, 0.05) is 0 Å². The van der Waals surface area contributed by atoms with E-state index in [2.05, 4.69) is 16.0 Å². The van der Waals surface area contributed by atoms with Gasteiger partial charge in [-0.2, -0.15) is 0 Å². The Balaban J connectivity index is 2.05. The van der Waals surface area contributed by atoms with Gasteiger partial charge in [-0.05, 0) is 29.9 Å². The number of alkyl halides is 3. The van der Waals surface area contributed by atoms with Crippen LogP contribution in [0.4, 0.5) is 5.69 Å². The minimum absolute atomic E-state index is 0.0187. The highest BCUT2D eigenvalue weighted by Gasteiger charge is 2.34. The van der Waals surface area contributed by atoms with Gasteiger partial charge < -0.3 is 21.1 Å². The summed E-state index contributed by atoms with van der Waals surface area (Å²) in [5, 5.41) is 17.2. The highest BCUT2D eigenvalue weighted by Crippen LogP contribution is 2.29. The van der Waals surface area contributed by atoms with Gasteiger partial charge in [-0.15, -0.1) is 0 Å². The van der Waals surface area contributed by atoms with Crippen molar-refractivity contribution in [2.24, 2.45) is 0 Å². The summed E-state index contributed by atoms with van der Waals surface area (Å²) in [5.74, 6) is -1.51. The molecule has 1 atom stereocenters. The second-order valence-corrected chi connectivity index (χ2v) is 8.43. The number of nitrogens with one attached hydrogen (secondary N) is 3. The minimum Gasteiger partial charge on any atom is -0.478 e. The van der Waals surface area contributed by atoms with Crippen molar-refractivity contribution in [1.82, 2.24) is 10.6 Å². The number of carboxylic acids is 1. The van der Waals surface area contributed by atoms with Gasteiger partial charge in [0.05, 0.1) is 17.7 Å². The Hall–Kier alpha value is -2.06. The Morgan fingerprint density at radius 2 is 1.61 bits per heavy atom. The molecule has 0 heterocycles. The van der Waals surface area contributed by atoms with Crippen molar-refractivity contribution in [3.8, 4) is 0 Å². The number of benzene rings is 2. The number of halogens is 3. The van der Waals surface area contributed by atoms with Gasteiger partial charge in [-0.25, -0.2) is 4.79 Å². The topological polar surface area (TPSA) is 90.5 Å². The predicted octanol–water partition coefficient (Wildman–Crippen LogP) is 3.73. The van der Waals surface area contributed by atoms with Crippen molar-refractivity contribution in [3.05, 3.63) is 65.7 Å². The SMILES string of the molecule is O=C(Cc1ccccc1)NC(NC(=S)Nc1ccccc1C(=O)O)C(Cl)(Cl)Cl. The maximum absolute atomic E-state index is 12.3. The molecular formula is C18H16Cl3N3O3S. The van der Waals surface area contributed by atoms with Crippen LogP contribution in [0.1, 0.15) is 15.9 Å². The van der Waals surface area contributed by atoms with Gasteiger partial charge in [-0.1, -0.05) is 77.3 Å². The number of amides is 1. The molecule has 2 aromatic rings. The summed E-state index contributed by atoms with van der Waals surface area (Å²) in [5.41, 5.74) is 1.07. The van der Waals surface area contributed by atoms with Crippen molar-refractivity contribution in [3.63, 3.8) is 0 Å². The smallest absolute Gasteiger partial charge is 0.337 e. The first-order chi connectivity index (χ1) is 13.2. The second-order valence-electron chi connectivity index (χ2n) is 5.65. The van der Waals surface area contributed by atoms with E-state index >= 15 is 0 Å². The molecule has 2 aromatic carbocycles. The molecule has 0 fully saturated rings. The van der Waals surface area contributed by atoms with Crippen LogP contribution >= 0.6 is 47.0 Å². The molecule has 0 aliphatic rings. The molecule has 0 bridgehead atoms. The lowest BCUT2D eigenvalue weighted by Crippen LogP contribution is -2.56. The van der Waals surface area contributed by atoms with Crippen LogP contribution in [0.25, 0.3) is 0 Å². The van der Waals surface area contributed by atoms with E-state index in [1.807, 2.05) is 18.2 Å². The first-order valence-electron chi connectivity index (χ1n) is 7.96. The summed E-state index contributed by atoms with van der Waals surface area (Å²) in [4.78, 5) is 23.6. The van der Waals surface area contributed by atoms with Crippen molar-refractivity contribution in [2.75, 3.05) is 5.32 Å². The summed E-state index contributed by atoms with van der Waals surface area (Å²) in [6, 6.07) is 15.2. The fourth-order valence-electron chi connectivity index (χ4n) is 2.26. The third kappa shape index (κ3) is 6.83. The van der Waals surface area contributed by atoms with Crippen LogP contribution in [0.3, 0.4) is 0 Å². The highest BCUT2D eigenvalue weighted by atomic mass is 35.6. The molecular weight excluding hydrogens is 445 g/mol. The Morgan fingerprint density at radius 3 is 2.21 bits per heavy atom. The number of carbonyl (C=O) groups is 2. The lowest BCUT2D eigenvalue weighted by molar-refractivity contribution is -0.121. The number of thiocarbonyl (C=S) groups is 1. The van der Waals surface area contributed by atoms with Crippen LogP contribution in [0, 0.1) is 0 Å². The molecule has 0 aliphatic heterocycles. The van der Waals surface area contributed by atoms with Gasteiger partial charge in [0.1, 0.15) is 6.17 Å². The van der Waals surface area contributed by atoms with Crippen LogP contribution < -0.4 is 16.0 Å². The van der Waals surface area contributed by atoms with E-state index in [9.17, 15) is 14.7 Å². The summed E-state index contributed by atoms with van der Waals surface area (Å²) >= 11 is 23.0. The number of para-hydroxylation sites is 1. The maximum Gasteiger partial charge on any atom is 0.337 e. The van der Waals surface area contributed by atoms with E-state index in [1.165, 1.54) is 12.1 Å². The van der Waals surface area contributed by atoms with Crippen molar-refractivity contribution in [2.45, 2.75) is 16.4 Å². The van der Waals surface area contributed by atoms with E-state index in [-0.39, 0.29) is 28.7 Å². The molecule has 148 valence electrons. The summed E-state index contributed by atoms with van der Waals surface area (Å²) in [6.07, 6.45) is -1.06. The Morgan fingerprint density at radius 1 is 1.00 bits per heavy atom. The number of hydrogen-bond acceptors (Lipinski definition) is 3. The fourth-order valence-corrected chi connectivity index (χ4v) is 2.82. The monoisotopic (exact) mass is 459 g/mol. The number of aromatic carboxylic acids is 1. The average molecular weight is 461 g/mol. The average Bonchev–Trinajstić information content (AvgIpc) is 2.61. The molecule has 0 aromatic heterocycles. The quantitative estimate of drug-likeness (QED) is 0.298. The lowest BCUT2D eigenvalue weighted by atomic mass is 10.1. The Kier molecular flexibility index (Phi) is 7.88. The van der Waals surface area contributed by atoms with Crippen molar-refractivity contribution < 1.29 is 14.7 Å². The van der Waals surface area contributed by atoms with Gasteiger partial charge in [0.15, 0.2) is 5.11 Å². The first kappa shape index (κ1) is 22.2. The van der Waals surface area contributed by atoms with E-state index < -0.39 is 15.9 Å². The second kappa shape index (κ2) is 9.93. The molecule has 0 radical (unpaired) electrons. The molecule has 4 N–H and O–H groups in total. The summed E-state index contributed by atoms with van der Waals surface area (Å²) in [6.45, 7) is 0. The van der Waals surface area contributed by atoms with Crippen molar-refractivity contribution in [1.29, 1.82) is 0 Å². The summed E-state index contributed by atoms with van der Waals surface area (Å²) < 4.78 is -1.91. The minimum atomic E-state index is -1.91. The molecule has 0 spiro atoms. The molecule has 0 saturated carbocycles. The van der Waals surface area contributed by atoms with E-state index in [1.54, 1.807) is 24.3 Å². The van der Waals surface area contributed by atoms with E-state index in [0.717, 1.165) is 5.56 Å². The van der Waals surface area contributed by atoms with Gasteiger partial charge >= 0.3 is 5.97 Å². The molecule has 2 rings (SSSR count). The molecule has 0 aliphatic carbocycles. The first-order valence-corrected chi connectivity index (χ1v) is 9.51. The molecule has 10 heteroatoms. The zero-order valence-electron chi connectivity index (χ0n) is 14.3. The third-order valence-electron chi connectivity index (χ3n) is 3.52. The van der Waals surface area contributed by atoms with Crippen LogP contribution in [-0.4, -0.2) is 32.1 Å². The highest BCUT2D eigenvalue weighted by molar-refractivity contribution is 7.80. The number of carbonyl (C=O) groups excluding carboxylic acids is 1. The number of hydrogen-bond donors (Lipinski definition) is 4. The Labute approximate surface area is 182 Å². The van der Waals surface area contributed by atoms with Gasteiger partial charge in [0.25, 0.3) is 0 Å². The largest absolute Gasteiger partial charge is 0.478 e. The maximum atomic E-state index is 12.3. The van der Waals surface area contributed by atoms with Crippen LogP contribution in [0.15, 0.2) is 54.6 Å². The molecule has 6 nitrogen and oxygen atoms in total. The van der Waals surface area contributed by atoms with E-state index in [4.69, 9.17) is 47.0 Å². The molecule has 0 saturated heterocycles.